The molecule has 0 nitrogen and oxygen atoms in total. The van der Waals surface area contributed by atoms with Crippen LogP contribution in [0.4, 0.5) is 0 Å². The van der Waals surface area contributed by atoms with Crippen molar-refractivity contribution in [1.29, 1.82) is 0 Å². The largest absolute Gasteiger partial charge is 0.0895 e. The van der Waals surface area contributed by atoms with E-state index in [2.05, 4.69) is 91.9 Å². The summed E-state index contributed by atoms with van der Waals surface area (Å²) < 4.78 is 0. The first-order valence-electron chi connectivity index (χ1n) is 7.38. The molecule has 0 fully saturated rings. The average molecular weight is 302 g/mol. The zero-order valence-electron chi connectivity index (χ0n) is 12.6. The summed E-state index contributed by atoms with van der Waals surface area (Å²) in [5.74, 6) is 0. The fourth-order valence-corrected chi connectivity index (χ4v) is 3.41. The van der Waals surface area contributed by atoms with Crippen LogP contribution in [0, 0.1) is 0 Å². The minimum atomic E-state index is 1.24. The van der Waals surface area contributed by atoms with Gasteiger partial charge in [0.25, 0.3) is 0 Å². The maximum absolute atomic E-state index is 2.24. The molecule has 22 heavy (non-hydrogen) atoms. The normalized spacial score (nSPS) is 11.4. The van der Waals surface area contributed by atoms with Gasteiger partial charge in [-0.15, -0.1) is 0 Å². The lowest BCUT2D eigenvalue weighted by Gasteiger charge is -2.10. The van der Waals surface area contributed by atoms with E-state index in [-0.39, 0.29) is 0 Å². The van der Waals surface area contributed by atoms with E-state index >= 15 is 0 Å². The Morgan fingerprint density at radius 3 is 2.05 bits per heavy atom. The summed E-state index contributed by atoms with van der Waals surface area (Å²) in [6.07, 6.45) is 2.24. The molecule has 0 aliphatic carbocycles. The fourth-order valence-electron chi connectivity index (χ4n) is 2.37. The van der Waals surface area contributed by atoms with Gasteiger partial charge in [-0.2, -0.15) is 0 Å². The molecule has 3 aromatic rings. The van der Waals surface area contributed by atoms with E-state index < -0.39 is 0 Å². The van der Waals surface area contributed by atoms with Gasteiger partial charge in [0.15, 0.2) is 0 Å². The van der Waals surface area contributed by atoms with E-state index in [4.69, 9.17) is 0 Å². The van der Waals surface area contributed by atoms with Gasteiger partial charge >= 0.3 is 0 Å². The maximum atomic E-state index is 2.24. The van der Waals surface area contributed by atoms with Gasteiger partial charge in [0.2, 0.25) is 0 Å². The Labute approximate surface area is 136 Å². The van der Waals surface area contributed by atoms with Gasteiger partial charge in [-0.1, -0.05) is 84.6 Å². The van der Waals surface area contributed by atoms with Crippen LogP contribution in [0.2, 0.25) is 0 Å². The molecule has 3 rings (SSSR count). The summed E-state index contributed by atoms with van der Waals surface area (Å²) in [6, 6.07) is 29.6. The van der Waals surface area contributed by atoms with Crippen molar-refractivity contribution < 1.29 is 0 Å². The minimum Gasteiger partial charge on any atom is -0.0895 e. The van der Waals surface area contributed by atoms with E-state index in [1.54, 1.807) is 0 Å². The van der Waals surface area contributed by atoms with Gasteiger partial charge in [0.05, 0.1) is 0 Å². The van der Waals surface area contributed by atoms with Crippen molar-refractivity contribution in [3.63, 3.8) is 0 Å². The smallest absolute Gasteiger partial charge is 0.0197 e. The van der Waals surface area contributed by atoms with Crippen LogP contribution in [0.1, 0.15) is 18.1 Å². The van der Waals surface area contributed by atoms with Gasteiger partial charge in [0.1, 0.15) is 0 Å². The second-order valence-electron chi connectivity index (χ2n) is 5.15. The Morgan fingerprint density at radius 1 is 0.727 bits per heavy atom. The summed E-state index contributed by atoms with van der Waals surface area (Å²) in [5, 5.41) is 0. The zero-order chi connectivity index (χ0) is 15.2. The van der Waals surface area contributed by atoms with Crippen LogP contribution in [-0.2, 0) is 0 Å². The second kappa shape index (κ2) is 7.15. The first-order chi connectivity index (χ1) is 10.8. The Balaban J connectivity index is 1.93. The molecule has 0 aliphatic rings. The molecular weight excluding hydrogens is 284 g/mol. The van der Waals surface area contributed by atoms with Crippen molar-refractivity contribution in [2.45, 2.75) is 16.7 Å². The third kappa shape index (κ3) is 3.69. The average Bonchev–Trinajstić information content (AvgIpc) is 2.57. The SMILES string of the molecule is C/C(=C\c1ccccc1)c1ccccc1Sc1ccccc1. The van der Waals surface area contributed by atoms with Crippen LogP contribution >= 0.6 is 11.8 Å². The molecule has 0 bridgehead atoms. The predicted molar refractivity (Wildman–Crippen MR) is 97.0 cm³/mol. The molecule has 0 aliphatic heterocycles. The molecule has 0 atom stereocenters. The van der Waals surface area contributed by atoms with Crippen molar-refractivity contribution in [3.8, 4) is 0 Å². The molecule has 0 aromatic heterocycles. The molecule has 0 spiro atoms. The summed E-state index contributed by atoms with van der Waals surface area (Å²) >= 11 is 1.81. The van der Waals surface area contributed by atoms with E-state index in [0.717, 1.165) is 0 Å². The van der Waals surface area contributed by atoms with Crippen LogP contribution in [0.25, 0.3) is 11.6 Å². The topological polar surface area (TPSA) is 0 Å². The lowest BCUT2D eigenvalue weighted by atomic mass is 10.0. The molecule has 0 saturated carbocycles. The van der Waals surface area contributed by atoms with E-state index in [1.165, 1.54) is 26.5 Å². The quantitative estimate of drug-likeness (QED) is 0.503. The number of benzene rings is 3. The molecule has 0 radical (unpaired) electrons. The first-order valence-corrected chi connectivity index (χ1v) is 8.20. The third-order valence-corrected chi connectivity index (χ3v) is 4.55. The number of hydrogen-bond acceptors (Lipinski definition) is 1. The van der Waals surface area contributed by atoms with Gasteiger partial charge in [-0.05, 0) is 41.8 Å². The highest BCUT2D eigenvalue weighted by molar-refractivity contribution is 7.99. The standard InChI is InChI=1S/C21H18S/c1-17(16-18-10-4-2-5-11-18)20-14-8-9-15-21(20)22-19-12-6-3-7-13-19/h2-16H,1H3/b17-16+. The zero-order valence-corrected chi connectivity index (χ0v) is 13.4. The highest BCUT2D eigenvalue weighted by Crippen LogP contribution is 2.34. The van der Waals surface area contributed by atoms with Crippen molar-refractivity contribution in [1.82, 2.24) is 0 Å². The van der Waals surface area contributed by atoms with Crippen molar-refractivity contribution in [2.24, 2.45) is 0 Å². The summed E-state index contributed by atoms with van der Waals surface area (Å²) in [6.45, 7) is 2.18. The third-order valence-electron chi connectivity index (χ3n) is 3.47. The van der Waals surface area contributed by atoms with Gasteiger partial charge in [0, 0.05) is 9.79 Å². The van der Waals surface area contributed by atoms with E-state index in [1.807, 2.05) is 17.8 Å². The summed E-state index contributed by atoms with van der Waals surface area (Å²) in [4.78, 5) is 2.56. The van der Waals surface area contributed by atoms with Crippen LogP contribution in [0.5, 0.6) is 0 Å². The Hall–Kier alpha value is -2.25. The molecule has 0 heterocycles. The molecule has 1 heteroatoms. The monoisotopic (exact) mass is 302 g/mol. The Bertz CT molecular complexity index is 758. The van der Waals surface area contributed by atoms with E-state index in [0.29, 0.717) is 0 Å². The van der Waals surface area contributed by atoms with Crippen LogP contribution < -0.4 is 0 Å². The molecule has 0 N–H and O–H groups in total. The van der Waals surface area contributed by atoms with Crippen LogP contribution in [0.3, 0.4) is 0 Å². The summed E-state index contributed by atoms with van der Waals surface area (Å²) in [7, 11) is 0. The predicted octanol–water partition coefficient (Wildman–Crippen LogP) is 6.40. The number of rotatable bonds is 4. The molecule has 3 aromatic carbocycles. The lowest BCUT2D eigenvalue weighted by Crippen LogP contribution is -1.85. The first kappa shape index (κ1) is 14.7. The lowest BCUT2D eigenvalue weighted by molar-refractivity contribution is 1.36. The number of hydrogen-bond donors (Lipinski definition) is 0. The maximum Gasteiger partial charge on any atom is 0.0197 e. The Kier molecular flexibility index (Phi) is 4.77. The molecule has 108 valence electrons. The fraction of sp³-hybridized carbons (Fsp3) is 0.0476. The highest BCUT2D eigenvalue weighted by Gasteiger charge is 2.05. The second-order valence-corrected chi connectivity index (χ2v) is 6.26. The van der Waals surface area contributed by atoms with E-state index in [9.17, 15) is 0 Å². The van der Waals surface area contributed by atoms with Gasteiger partial charge in [-0.25, -0.2) is 0 Å². The summed E-state index contributed by atoms with van der Waals surface area (Å²) in [5.41, 5.74) is 3.81. The molecule has 0 unspecified atom stereocenters. The number of allylic oxidation sites excluding steroid dienone is 1. The minimum absolute atomic E-state index is 1.24. The van der Waals surface area contributed by atoms with Crippen molar-refractivity contribution >= 4 is 23.4 Å². The molecular formula is C21H18S. The molecule has 0 saturated heterocycles. The van der Waals surface area contributed by atoms with Gasteiger partial charge < -0.3 is 0 Å². The van der Waals surface area contributed by atoms with Crippen molar-refractivity contribution in [3.05, 3.63) is 96.1 Å². The molecule has 0 amide bonds. The highest BCUT2D eigenvalue weighted by atomic mass is 32.2. The van der Waals surface area contributed by atoms with Crippen molar-refractivity contribution in [2.75, 3.05) is 0 Å². The van der Waals surface area contributed by atoms with Crippen LogP contribution in [0.15, 0.2) is 94.7 Å². The van der Waals surface area contributed by atoms with Gasteiger partial charge in [-0.3, -0.25) is 0 Å². The van der Waals surface area contributed by atoms with Crippen LogP contribution in [-0.4, -0.2) is 0 Å². The Morgan fingerprint density at radius 2 is 1.32 bits per heavy atom.